The topological polar surface area (TPSA) is 91.8 Å². The fourth-order valence-corrected chi connectivity index (χ4v) is 3.66. The van der Waals surface area contributed by atoms with E-state index in [1.807, 2.05) is 24.3 Å². The lowest BCUT2D eigenvalue weighted by molar-refractivity contribution is 0.316. The van der Waals surface area contributed by atoms with Gasteiger partial charge in [-0.2, -0.15) is 0 Å². The zero-order valence-electron chi connectivity index (χ0n) is 15.9. The molecule has 2 rings (SSSR count). The van der Waals surface area contributed by atoms with Crippen LogP contribution in [0, 0.1) is 5.92 Å². The molecule has 0 spiro atoms. The first-order valence-corrected chi connectivity index (χ1v) is 10.9. The minimum absolute atomic E-state index is 0.0133. The third kappa shape index (κ3) is 7.60. The Kier molecular flexibility index (Phi) is 8.60. The molecule has 3 N–H and O–H groups in total. The van der Waals surface area contributed by atoms with E-state index in [9.17, 15) is 8.42 Å². The minimum atomic E-state index is -3.27. The molecule has 1 aromatic carbocycles. The van der Waals surface area contributed by atoms with Crippen LogP contribution in [0.2, 0.25) is 0 Å². The van der Waals surface area contributed by atoms with Gasteiger partial charge in [0.15, 0.2) is 5.96 Å². The summed E-state index contributed by atoms with van der Waals surface area (Å²) in [6.07, 6.45) is 5.15. The van der Waals surface area contributed by atoms with Crippen molar-refractivity contribution in [1.29, 1.82) is 0 Å². The van der Waals surface area contributed by atoms with Gasteiger partial charge in [-0.15, -0.1) is 0 Å². The maximum absolute atomic E-state index is 12.0. The van der Waals surface area contributed by atoms with Gasteiger partial charge in [0.25, 0.3) is 0 Å². The quantitative estimate of drug-likeness (QED) is 0.301. The normalized spacial score (nSPS) is 15.1. The summed E-state index contributed by atoms with van der Waals surface area (Å²) in [6.45, 7) is 5.45. The van der Waals surface area contributed by atoms with E-state index in [2.05, 4.69) is 26.9 Å². The van der Waals surface area contributed by atoms with Crippen molar-refractivity contribution in [2.45, 2.75) is 25.8 Å². The average Bonchev–Trinajstić information content (AvgIpc) is 2.62. The van der Waals surface area contributed by atoms with E-state index >= 15 is 0 Å². The van der Waals surface area contributed by atoms with Gasteiger partial charge in [-0.25, -0.2) is 13.1 Å². The first-order chi connectivity index (χ1) is 13.0. The molecule has 0 aromatic heterocycles. The van der Waals surface area contributed by atoms with Crippen LogP contribution in [0.25, 0.3) is 0 Å². The van der Waals surface area contributed by atoms with E-state index in [1.54, 1.807) is 13.1 Å². The third-order valence-corrected chi connectivity index (χ3v) is 5.83. The van der Waals surface area contributed by atoms with E-state index < -0.39 is 10.0 Å². The zero-order chi connectivity index (χ0) is 19.5. The highest BCUT2D eigenvalue weighted by molar-refractivity contribution is 7.89. The zero-order valence-corrected chi connectivity index (χ0v) is 16.7. The highest BCUT2D eigenvalue weighted by Gasteiger charge is 2.20. The Balaban J connectivity index is 1.75. The first kappa shape index (κ1) is 21.2. The lowest BCUT2D eigenvalue weighted by Crippen LogP contribution is -2.41. The van der Waals surface area contributed by atoms with Gasteiger partial charge in [0, 0.05) is 32.2 Å². The molecular formula is C19H30N4O3S. The smallest absolute Gasteiger partial charge is 0.213 e. The number of nitrogens with one attached hydrogen (secondary N) is 3. The Morgan fingerprint density at radius 2 is 2.11 bits per heavy atom. The monoisotopic (exact) mass is 394 g/mol. The molecule has 0 bridgehead atoms. The van der Waals surface area contributed by atoms with Gasteiger partial charge in [0.05, 0.1) is 5.75 Å². The number of para-hydroxylation sites is 1. The number of hydrogen-bond donors (Lipinski definition) is 3. The lowest BCUT2D eigenvalue weighted by atomic mass is 9.86. The number of hydrogen-bond acceptors (Lipinski definition) is 4. The van der Waals surface area contributed by atoms with Crippen LogP contribution in [0.5, 0.6) is 5.75 Å². The van der Waals surface area contributed by atoms with Gasteiger partial charge < -0.3 is 15.4 Å². The van der Waals surface area contributed by atoms with E-state index in [-0.39, 0.29) is 12.3 Å². The second-order valence-electron chi connectivity index (χ2n) is 6.52. The van der Waals surface area contributed by atoms with E-state index in [0.29, 0.717) is 31.6 Å². The molecule has 1 saturated carbocycles. The van der Waals surface area contributed by atoms with Crippen molar-refractivity contribution in [3.63, 3.8) is 0 Å². The molecule has 1 aromatic rings. The molecule has 0 radical (unpaired) electrons. The summed E-state index contributed by atoms with van der Waals surface area (Å²) in [5.74, 6) is 1.84. The van der Waals surface area contributed by atoms with Crippen molar-refractivity contribution < 1.29 is 13.2 Å². The van der Waals surface area contributed by atoms with Crippen molar-refractivity contribution in [2.24, 2.45) is 10.9 Å². The molecule has 0 atom stereocenters. The minimum Gasteiger partial charge on any atom is -0.489 e. The predicted molar refractivity (Wildman–Crippen MR) is 109 cm³/mol. The Hall–Kier alpha value is -2.06. The Labute approximate surface area is 162 Å². The summed E-state index contributed by atoms with van der Waals surface area (Å²) in [4.78, 5) is 4.13. The van der Waals surface area contributed by atoms with Crippen LogP contribution in [0.15, 0.2) is 41.9 Å². The summed E-state index contributed by atoms with van der Waals surface area (Å²) >= 11 is 0. The molecule has 0 unspecified atom stereocenters. The number of aliphatic imine (C=N–C) groups is 1. The number of ether oxygens (including phenoxy) is 1. The van der Waals surface area contributed by atoms with Crippen LogP contribution < -0.4 is 20.1 Å². The summed E-state index contributed by atoms with van der Waals surface area (Å²) in [6, 6.07) is 7.72. The largest absolute Gasteiger partial charge is 0.489 e. The highest BCUT2D eigenvalue weighted by Crippen LogP contribution is 2.25. The van der Waals surface area contributed by atoms with Gasteiger partial charge in [-0.05, 0) is 24.8 Å². The number of guanidine groups is 1. The molecule has 1 aliphatic rings. The number of benzene rings is 1. The molecule has 0 heterocycles. The van der Waals surface area contributed by atoms with Crippen LogP contribution in [0.1, 0.15) is 24.8 Å². The van der Waals surface area contributed by atoms with Crippen LogP contribution in [0.4, 0.5) is 0 Å². The Morgan fingerprint density at radius 3 is 2.78 bits per heavy atom. The van der Waals surface area contributed by atoms with Crippen molar-refractivity contribution in [1.82, 2.24) is 15.4 Å². The first-order valence-electron chi connectivity index (χ1n) is 9.27. The second kappa shape index (κ2) is 10.9. The summed E-state index contributed by atoms with van der Waals surface area (Å²) < 4.78 is 32.4. The molecule has 150 valence electrons. The van der Waals surface area contributed by atoms with E-state index in [1.165, 1.54) is 6.42 Å². The Morgan fingerprint density at radius 1 is 1.33 bits per heavy atom. The van der Waals surface area contributed by atoms with E-state index in [4.69, 9.17) is 4.74 Å². The van der Waals surface area contributed by atoms with Crippen molar-refractivity contribution in [3.8, 4) is 5.75 Å². The van der Waals surface area contributed by atoms with Crippen LogP contribution in [-0.4, -0.2) is 46.9 Å². The molecular weight excluding hydrogens is 364 g/mol. The third-order valence-electron chi connectivity index (χ3n) is 4.48. The molecule has 1 aliphatic carbocycles. The maximum Gasteiger partial charge on any atom is 0.213 e. The van der Waals surface area contributed by atoms with Crippen LogP contribution >= 0.6 is 0 Å². The molecule has 1 fully saturated rings. The number of rotatable bonds is 11. The summed E-state index contributed by atoms with van der Waals surface area (Å²) in [5.41, 5.74) is 0.983. The molecule has 7 nitrogen and oxygen atoms in total. The summed E-state index contributed by atoms with van der Waals surface area (Å²) in [5, 5.41) is 6.21. The highest BCUT2D eigenvalue weighted by atomic mass is 32.2. The lowest BCUT2D eigenvalue weighted by Gasteiger charge is -2.25. The number of sulfonamides is 1. The van der Waals surface area contributed by atoms with Crippen molar-refractivity contribution in [2.75, 3.05) is 32.5 Å². The van der Waals surface area contributed by atoms with Gasteiger partial charge in [0.2, 0.25) is 10.0 Å². The standard InChI is InChI=1S/C19H30N4O3S/c1-3-12-26-18-10-5-4-9-17(18)15-22-19(20-2)21-11-13-27(24,25)23-14-16-7-6-8-16/h3-5,9-10,16,23H,1,6-8,11-15H2,2H3,(H2,20,21,22). The molecule has 0 aliphatic heterocycles. The molecule has 0 saturated heterocycles. The van der Waals surface area contributed by atoms with Gasteiger partial charge in [-0.1, -0.05) is 37.3 Å². The molecule has 8 heteroatoms. The molecule has 27 heavy (non-hydrogen) atoms. The van der Waals surface area contributed by atoms with Crippen LogP contribution in [-0.2, 0) is 16.6 Å². The maximum atomic E-state index is 12.0. The predicted octanol–water partition coefficient (Wildman–Crippen LogP) is 1.64. The van der Waals surface area contributed by atoms with Gasteiger partial charge in [0.1, 0.15) is 12.4 Å². The Bertz CT molecular complexity index is 730. The average molecular weight is 395 g/mol. The van der Waals surface area contributed by atoms with Gasteiger partial charge in [-0.3, -0.25) is 4.99 Å². The van der Waals surface area contributed by atoms with E-state index in [0.717, 1.165) is 24.2 Å². The fraction of sp³-hybridized carbons (Fsp3) is 0.526. The van der Waals surface area contributed by atoms with Crippen molar-refractivity contribution >= 4 is 16.0 Å². The SMILES string of the molecule is C=CCOc1ccccc1CNC(=NC)NCCS(=O)(=O)NCC1CCC1. The second-order valence-corrected chi connectivity index (χ2v) is 8.45. The van der Waals surface area contributed by atoms with Crippen LogP contribution in [0.3, 0.4) is 0 Å². The fourth-order valence-electron chi connectivity index (χ4n) is 2.66. The molecule has 0 amide bonds. The van der Waals surface area contributed by atoms with Crippen molar-refractivity contribution in [3.05, 3.63) is 42.5 Å². The summed E-state index contributed by atoms with van der Waals surface area (Å²) in [7, 11) is -1.61. The number of nitrogens with zero attached hydrogens (tertiary/aromatic N) is 1. The van der Waals surface area contributed by atoms with Gasteiger partial charge >= 0.3 is 0 Å².